The minimum Gasteiger partial charge on any atom is -0.480 e. The van der Waals surface area contributed by atoms with Gasteiger partial charge in [-0.05, 0) is 30.0 Å². The molecule has 0 saturated carbocycles. The lowest BCUT2D eigenvalue weighted by atomic mass is 10.0. The highest BCUT2D eigenvalue weighted by molar-refractivity contribution is 9.10. The number of hydrogen-bond donors (Lipinski definition) is 2. The number of rotatable bonds is 6. The first-order valence-corrected chi connectivity index (χ1v) is 7.21. The van der Waals surface area contributed by atoms with Crippen molar-refractivity contribution in [3.8, 4) is 0 Å². The number of carboxylic acids is 1. The predicted molar refractivity (Wildman–Crippen MR) is 77.0 cm³/mol. The van der Waals surface area contributed by atoms with E-state index in [2.05, 4.69) is 21.2 Å². The molecule has 2 N–H and O–H groups in total. The van der Waals surface area contributed by atoms with Crippen LogP contribution in [0.1, 0.15) is 31.9 Å². The lowest BCUT2D eigenvalue weighted by molar-refractivity contribution is -0.163. The van der Waals surface area contributed by atoms with Gasteiger partial charge in [0.2, 0.25) is 0 Å². The first kappa shape index (κ1) is 18.0. The van der Waals surface area contributed by atoms with E-state index >= 15 is 0 Å². The van der Waals surface area contributed by atoms with Gasteiger partial charge >= 0.3 is 12.1 Å². The van der Waals surface area contributed by atoms with Crippen LogP contribution in [0.15, 0.2) is 28.7 Å². The van der Waals surface area contributed by atoms with Crippen molar-refractivity contribution in [2.24, 2.45) is 5.92 Å². The van der Waals surface area contributed by atoms with Crippen molar-refractivity contribution in [3.63, 3.8) is 0 Å². The zero-order valence-electron chi connectivity index (χ0n) is 11.6. The van der Waals surface area contributed by atoms with Crippen LogP contribution >= 0.6 is 15.9 Å². The summed E-state index contributed by atoms with van der Waals surface area (Å²) in [7, 11) is 0. The van der Waals surface area contributed by atoms with Gasteiger partial charge < -0.3 is 5.11 Å². The Labute approximate surface area is 129 Å². The summed E-state index contributed by atoms with van der Waals surface area (Å²) in [5.41, 5.74) is -0.0132. The van der Waals surface area contributed by atoms with Gasteiger partial charge in [-0.15, -0.1) is 0 Å². The quantitative estimate of drug-likeness (QED) is 0.794. The molecule has 3 nitrogen and oxygen atoms in total. The number of aliphatic carboxylic acids is 1. The molecule has 0 aliphatic carbocycles. The Hall–Kier alpha value is -1.08. The summed E-state index contributed by atoms with van der Waals surface area (Å²) in [5, 5.41) is 11.3. The first-order valence-electron chi connectivity index (χ1n) is 6.42. The van der Waals surface area contributed by atoms with Gasteiger partial charge in [-0.25, -0.2) is 0 Å². The number of alkyl halides is 3. The van der Waals surface area contributed by atoms with Gasteiger partial charge in [-0.1, -0.05) is 41.9 Å². The molecule has 0 radical (unpaired) electrons. The standard InChI is InChI=1S/C14H17BrF3NO2/c1-8(2)7-11(13(20)21)19-12(14(16,17)18)9-3-5-10(15)6-4-9/h3-6,8,11-12,19H,7H2,1-2H3,(H,20,21)/t11-,12+/m0/s1. The fraction of sp³-hybridized carbons (Fsp3) is 0.500. The summed E-state index contributed by atoms with van der Waals surface area (Å²) in [6.07, 6.45) is -4.45. The Balaban J connectivity index is 3.03. The zero-order valence-corrected chi connectivity index (χ0v) is 13.2. The van der Waals surface area contributed by atoms with Gasteiger partial charge in [-0.2, -0.15) is 13.2 Å². The minimum absolute atomic E-state index is 0.0132. The van der Waals surface area contributed by atoms with E-state index in [0.717, 1.165) is 0 Å². The van der Waals surface area contributed by atoms with E-state index in [-0.39, 0.29) is 17.9 Å². The van der Waals surface area contributed by atoms with Gasteiger partial charge in [-0.3, -0.25) is 10.1 Å². The SMILES string of the molecule is CC(C)C[C@H](N[C@H](c1ccc(Br)cc1)C(F)(F)F)C(=O)O. The molecule has 0 bridgehead atoms. The highest BCUT2D eigenvalue weighted by Crippen LogP contribution is 2.34. The Morgan fingerprint density at radius 1 is 1.29 bits per heavy atom. The molecule has 21 heavy (non-hydrogen) atoms. The van der Waals surface area contributed by atoms with Crippen LogP contribution in [0, 0.1) is 5.92 Å². The smallest absolute Gasteiger partial charge is 0.407 e. The molecule has 2 atom stereocenters. The largest absolute Gasteiger partial charge is 0.480 e. The zero-order chi connectivity index (χ0) is 16.2. The van der Waals surface area contributed by atoms with Crippen molar-refractivity contribution in [2.45, 2.75) is 38.5 Å². The van der Waals surface area contributed by atoms with Crippen molar-refractivity contribution in [3.05, 3.63) is 34.3 Å². The second kappa shape index (κ2) is 7.26. The van der Waals surface area contributed by atoms with Crippen molar-refractivity contribution < 1.29 is 23.1 Å². The Morgan fingerprint density at radius 3 is 2.19 bits per heavy atom. The summed E-state index contributed by atoms with van der Waals surface area (Å²) in [4.78, 5) is 11.1. The van der Waals surface area contributed by atoms with Gasteiger partial charge in [0, 0.05) is 4.47 Å². The first-order chi connectivity index (χ1) is 9.61. The number of carbonyl (C=O) groups is 1. The van der Waals surface area contributed by atoms with Gasteiger partial charge in [0.25, 0.3) is 0 Å². The topological polar surface area (TPSA) is 49.3 Å². The van der Waals surface area contributed by atoms with Gasteiger partial charge in [0.15, 0.2) is 0 Å². The number of nitrogens with one attached hydrogen (secondary N) is 1. The van der Waals surface area contributed by atoms with E-state index in [9.17, 15) is 18.0 Å². The third kappa shape index (κ3) is 5.67. The molecular weight excluding hydrogens is 351 g/mol. The number of hydrogen-bond acceptors (Lipinski definition) is 2. The summed E-state index contributed by atoms with van der Waals surface area (Å²) in [6, 6.07) is 2.38. The van der Waals surface area contributed by atoms with Gasteiger partial charge in [0.05, 0.1) is 0 Å². The number of carboxylic acid groups (broad SMARTS) is 1. The summed E-state index contributed by atoms with van der Waals surface area (Å²) >= 11 is 3.16. The second-order valence-corrected chi connectivity index (χ2v) is 6.13. The third-order valence-electron chi connectivity index (χ3n) is 2.90. The van der Waals surface area contributed by atoms with Crippen LogP contribution in [0.2, 0.25) is 0 Å². The fourth-order valence-corrected chi connectivity index (χ4v) is 2.21. The van der Waals surface area contributed by atoms with Crippen LogP contribution in [-0.4, -0.2) is 23.3 Å². The third-order valence-corrected chi connectivity index (χ3v) is 3.43. The molecule has 1 rings (SSSR count). The van der Waals surface area contributed by atoms with E-state index in [1.54, 1.807) is 13.8 Å². The normalized spacial score (nSPS) is 15.0. The van der Waals surface area contributed by atoms with Crippen molar-refractivity contribution in [1.29, 1.82) is 0 Å². The predicted octanol–water partition coefficient (Wildman–Crippen LogP) is 4.14. The van der Waals surface area contributed by atoms with E-state index in [4.69, 9.17) is 5.11 Å². The Bertz CT molecular complexity index is 474. The molecule has 0 heterocycles. The fourth-order valence-electron chi connectivity index (χ4n) is 1.95. The molecule has 118 valence electrons. The average molecular weight is 368 g/mol. The lowest BCUT2D eigenvalue weighted by Crippen LogP contribution is -2.45. The van der Waals surface area contributed by atoms with Crippen LogP contribution in [0.4, 0.5) is 13.2 Å². The van der Waals surface area contributed by atoms with E-state index in [0.29, 0.717) is 4.47 Å². The maximum atomic E-state index is 13.2. The van der Waals surface area contributed by atoms with Crippen LogP contribution in [-0.2, 0) is 4.79 Å². The number of halogens is 4. The summed E-state index contributed by atoms with van der Waals surface area (Å²) in [6.45, 7) is 3.53. The monoisotopic (exact) mass is 367 g/mol. The molecule has 0 unspecified atom stereocenters. The average Bonchev–Trinajstić information content (AvgIpc) is 2.33. The van der Waals surface area contributed by atoms with E-state index in [1.807, 2.05) is 0 Å². The molecule has 1 aromatic rings. The highest BCUT2D eigenvalue weighted by Gasteiger charge is 2.42. The Morgan fingerprint density at radius 2 is 1.81 bits per heavy atom. The molecule has 0 amide bonds. The molecule has 7 heteroatoms. The van der Waals surface area contributed by atoms with E-state index in [1.165, 1.54) is 24.3 Å². The van der Waals surface area contributed by atoms with Crippen molar-refractivity contribution in [1.82, 2.24) is 5.32 Å². The molecule has 0 aliphatic heterocycles. The summed E-state index contributed by atoms with van der Waals surface area (Å²) < 4.78 is 40.3. The Kier molecular flexibility index (Phi) is 6.22. The molecule has 1 aromatic carbocycles. The van der Waals surface area contributed by atoms with Crippen LogP contribution in [0.5, 0.6) is 0 Å². The van der Waals surface area contributed by atoms with Crippen molar-refractivity contribution in [2.75, 3.05) is 0 Å². The maximum absolute atomic E-state index is 13.2. The molecule has 0 aromatic heterocycles. The summed E-state index contributed by atoms with van der Waals surface area (Å²) in [5.74, 6) is -1.31. The second-order valence-electron chi connectivity index (χ2n) is 5.21. The minimum atomic E-state index is -4.57. The van der Waals surface area contributed by atoms with Gasteiger partial charge in [0.1, 0.15) is 12.1 Å². The van der Waals surface area contributed by atoms with Crippen LogP contribution < -0.4 is 5.32 Å². The van der Waals surface area contributed by atoms with E-state index < -0.39 is 24.2 Å². The molecule has 0 spiro atoms. The number of benzene rings is 1. The van der Waals surface area contributed by atoms with Crippen molar-refractivity contribution >= 4 is 21.9 Å². The molecule has 0 fully saturated rings. The van der Waals surface area contributed by atoms with Crippen LogP contribution in [0.3, 0.4) is 0 Å². The molecule has 0 aliphatic rings. The molecule has 0 saturated heterocycles. The lowest BCUT2D eigenvalue weighted by Gasteiger charge is -2.26. The maximum Gasteiger partial charge on any atom is 0.407 e. The molecular formula is C14H17BrF3NO2. The highest BCUT2D eigenvalue weighted by atomic mass is 79.9. The van der Waals surface area contributed by atoms with Crippen LogP contribution in [0.25, 0.3) is 0 Å².